The van der Waals surface area contributed by atoms with Gasteiger partial charge in [0, 0.05) is 0 Å². The standard InChI is InChI=1S/C10H23B/c1-5-6-10(4)8-11-7-9(2)3/h9-11H,5-8H2,1-4H3. The molecule has 0 aromatic heterocycles. The van der Waals surface area contributed by atoms with Crippen molar-refractivity contribution in [3.05, 3.63) is 0 Å². The Kier molecular flexibility index (Phi) is 6.80. The minimum Gasteiger partial charge on any atom is -0.0751 e. The maximum atomic E-state index is 2.38. The number of hydrogen-bond donors (Lipinski definition) is 0. The third-order valence-corrected chi connectivity index (χ3v) is 2.26. The van der Waals surface area contributed by atoms with Gasteiger partial charge >= 0.3 is 0 Å². The molecular weight excluding hydrogens is 131 g/mol. The van der Waals surface area contributed by atoms with E-state index in [9.17, 15) is 0 Å². The van der Waals surface area contributed by atoms with Gasteiger partial charge in [0.05, 0.1) is 0 Å². The van der Waals surface area contributed by atoms with Crippen LogP contribution in [0.1, 0.15) is 40.5 Å². The van der Waals surface area contributed by atoms with Gasteiger partial charge in [0.25, 0.3) is 0 Å². The SMILES string of the molecule is CCCC(C)CBCC(C)C. The molecule has 0 aliphatic heterocycles. The molecule has 0 aliphatic carbocycles. The van der Waals surface area contributed by atoms with E-state index in [2.05, 4.69) is 27.7 Å². The van der Waals surface area contributed by atoms with E-state index in [0.29, 0.717) is 0 Å². The molecule has 0 radical (unpaired) electrons. The van der Waals surface area contributed by atoms with Gasteiger partial charge in [0.15, 0.2) is 0 Å². The van der Waals surface area contributed by atoms with E-state index in [-0.39, 0.29) is 0 Å². The van der Waals surface area contributed by atoms with Crippen LogP contribution in [0, 0.1) is 11.8 Å². The number of rotatable bonds is 6. The molecule has 1 heteroatoms. The highest BCUT2D eigenvalue weighted by atomic mass is 14.0. The molecule has 0 fully saturated rings. The fourth-order valence-electron chi connectivity index (χ4n) is 1.51. The van der Waals surface area contributed by atoms with Crippen LogP contribution in [0.2, 0.25) is 12.6 Å². The molecule has 0 rings (SSSR count). The van der Waals surface area contributed by atoms with Gasteiger partial charge in [-0.2, -0.15) is 0 Å². The summed E-state index contributed by atoms with van der Waals surface area (Å²) in [6, 6.07) is 0. The first kappa shape index (κ1) is 11.1. The predicted molar refractivity (Wildman–Crippen MR) is 55.7 cm³/mol. The molecule has 11 heavy (non-hydrogen) atoms. The van der Waals surface area contributed by atoms with Gasteiger partial charge in [-0.1, -0.05) is 65.0 Å². The summed E-state index contributed by atoms with van der Waals surface area (Å²) in [5.74, 6) is 1.85. The van der Waals surface area contributed by atoms with Gasteiger partial charge in [0.2, 0.25) is 0 Å². The van der Waals surface area contributed by atoms with E-state index in [1.807, 2.05) is 0 Å². The van der Waals surface area contributed by atoms with Crippen LogP contribution in [0.3, 0.4) is 0 Å². The van der Waals surface area contributed by atoms with Crippen molar-refractivity contribution in [1.82, 2.24) is 0 Å². The van der Waals surface area contributed by atoms with Gasteiger partial charge < -0.3 is 0 Å². The van der Waals surface area contributed by atoms with Crippen molar-refractivity contribution in [3.8, 4) is 0 Å². The Bertz CT molecular complexity index is 78.9. The van der Waals surface area contributed by atoms with Gasteiger partial charge in [-0.15, -0.1) is 0 Å². The van der Waals surface area contributed by atoms with Crippen molar-refractivity contribution in [2.45, 2.75) is 53.2 Å². The summed E-state index contributed by atoms with van der Waals surface area (Å²) >= 11 is 0. The molecule has 0 saturated heterocycles. The summed E-state index contributed by atoms with van der Waals surface area (Å²) in [5.41, 5.74) is 0. The predicted octanol–water partition coefficient (Wildman–Crippen LogP) is 3.35. The van der Waals surface area contributed by atoms with Crippen LogP contribution in [0.15, 0.2) is 0 Å². The van der Waals surface area contributed by atoms with Gasteiger partial charge in [-0.3, -0.25) is 0 Å². The largest absolute Gasteiger partial charge is 0.121 e. The summed E-state index contributed by atoms with van der Waals surface area (Å²) < 4.78 is 0. The Morgan fingerprint density at radius 1 is 1.09 bits per heavy atom. The quantitative estimate of drug-likeness (QED) is 0.514. The normalized spacial score (nSPS) is 13.5. The first-order chi connectivity index (χ1) is 5.16. The zero-order valence-corrected chi connectivity index (χ0v) is 8.69. The second-order valence-corrected chi connectivity index (χ2v) is 4.22. The molecule has 0 nitrogen and oxygen atoms in total. The fourth-order valence-corrected chi connectivity index (χ4v) is 1.51. The molecule has 0 aromatic carbocycles. The van der Waals surface area contributed by atoms with E-state index in [0.717, 1.165) is 11.8 Å². The van der Waals surface area contributed by atoms with Crippen LogP contribution >= 0.6 is 0 Å². The van der Waals surface area contributed by atoms with Crippen molar-refractivity contribution in [2.75, 3.05) is 0 Å². The molecule has 66 valence electrons. The van der Waals surface area contributed by atoms with Gasteiger partial charge in [-0.05, 0) is 0 Å². The van der Waals surface area contributed by atoms with Crippen LogP contribution < -0.4 is 0 Å². The molecule has 0 spiro atoms. The average Bonchev–Trinajstić information content (AvgIpc) is 1.87. The summed E-state index contributed by atoms with van der Waals surface area (Å²) in [6.45, 7) is 9.28. The second-order valence-electron chi connectivity index (χ2n) is 4.22. The van der Waals surface area contributed by atoms with Crippen LogP contribution in [-0.2, 0) is 0 Å². The zero-order chi connectivity index (χ0) is 8.69. The van der Waals surface area contributed by atoms with Crippen molar-refractivity contribution >= 4 is 7.28 Å². The fraction of sp³-hybridized carbons (Fsp3) is 1.00. The monoisotopic (exact) mass is 154 g/mol. The lowest BCUT2D eigenvalue weighted by Gasteiger charge is -2.09. The Morgan fingerprint density at radius 3 is 2.18 bits per heavy atom. The lowest BCUT2D eigenvalue weighted by atomic mass is 9.64. The lowest BCUT2D eigenvalue weighted by Crippen LogP contribution is -2.02. The van der Waals surface area contributed by atoms with Crippen LogP contribution in [-0.4, -0.2) is 7.28 Å². The lowest BCUT2D eigenvalue weighted by molar-refractivity contribution is 0.570. The van der Waals surface area contributed by atoms with E-state index in [4.69, 9.17) is 0 Å². The number of hydrogen-bond acceptors (Lipinski definition) is 0. The van der Waals surface area contributed by atoms with Gasteiger partial charge in [-0.25, -0.2) is 0 Å². The molecule has 0 N–H and O–H groups in total. The van der Waals surface area contributed by atoms with E-state index >= 15 is 0 Å². The highest BCUT2D eigenvalue weighted by Crippen LogP contribution is 2.12. The molecule has 0 aliphatic rings. The second kappa shape index (κ2) is 6.76. The minimum atomic E-state index is 0.892. The van der Waals surface area contributed by atoms with Crippen molar-refractivity contribution in [3.63, 3.8) is 0 Å². The van der Waals surface area contributed by atoms with Crippen LogP contribution in [0.4, 0.5) is 0 Å². The molecule has 0 amide bonds. The smallest absolute Gasteiger partial charge is 0.0751 e. The molecule has 0 bridgehead atoms. The molecule has 1 atom stereocenters. The van der Waals surface area contributed by atoms with Crippen molar-refractivity contribution in [1.29, 1.82) is 0 Å². The Labute approximate surface area is 73.0 Å². The van der Waals surface area contributed by atoms with Crippen LogP contribution in [0.25, 0.3) is 0 Å². The minimum absolute atomic E-state index is 0.892. The van der Waals surface area contributed by atoms with E-state index in [1.54, 1.807) is 0 Å². The molecule has 1 unspecified atom stereocenters. The van der Waals surface area contributed by atoms with Crippen molar-refractivity contribution in [2.24, 2.45) is 11.8 Å². The van der Waals surface area contributed by atoms with Crippen LogP contribution in [0.5, 0.6) is 0 Å². The Morgan fingerprint density at radius 2 is 1.73 bits per heavy atom. The first-order valence-corrected chi connectivity index (χ1v) is 5.16. The summed E-state index contributed by atoms with van der Waals surface area (Å²) in [7, 11) is 1.43. The van der Waals surface area contributed by atoms with E-state index in [1.165, 1.54) is 32.8 Å². The molecular formula is C10H23B. The zero-order valence-electron chi connectivity index (χ0n) is 8.69. The Balaban J connectivity index is 3.10. The summed E-state index contributed by atoms with van der Waals surface area (Å²) in [4.78, 5) is 0. The topological polar surface area (TPSA) is 0 Å². The maximum absolute atomic E-state index is 2.38. The third-order valence-electron chi connectivity index (χ3n) is 2.26. The van der Waals surface area contributed by atoms with E-state index < -0.39 is 0 Å². The third kappa shape index (κ3) is 7.97. The molecule has 0 heterocycles. The molecule has 0 aromatic rings. The summed E-state index contributed by atoms with van der Waals surface area (Å²) in [6.07, 6.45) is 5.61. The van der Waals surface area contributed by atoms with Crippen molar-refractivity contribution < 1.29 is 0 Å². The highest BCUT2D eigenvalue weighted by Gasteiger charge is 2.02. The highest BCUT2D eigenvalue weighted by molar-refractivity contribution is 6.35. The maximum Gasteiger partial charge on any atom is 0.121 e. The average molecular weight is 154 g/mol. The van der Waals surface area contributed by atoms with Gasteiger partial charge in [0.1, 0.15) is 7.28 Å². The summed E-state index contributed by atoms with van der Waals surface area (Å²) in [5, 5.41) is 0. The first-order valence-electron chi connectivity index (χ1n) is 5.16. The Hall–Kier alpha value is 0.0649. The molecule has 0 saturated carbocycles.